The fourth-order valence-corrected chi connectivity index (χ4v) is 40.2. The van der Waals surface area contributed by atoms with Crippen molar-refractivity contribution in [1.82, 2.24) is 0 Å². The molecule has 630 valence electrons. The van der Waals surface area contributed by atoms with Crippen LogP contribution in [0.2, 0.25) is 234 Å². The Morgan fingerprint density at radius 2 is 0.390 bits per heavy atom. The van der Waals surface area contributed by atoms with Crippen molar-refractivity contribution in [2.75, 3.05) is 157 Å². The lowest BCUT2D eigenvalue weighted by Gasteiger charge is -2.35. The second-order valence-corrected chi connectivity index (χ2v) is 86.2. The molecule has 0 radical (unpaired) electrons. The van der Waals surface area contributed by atoms with Crippen LogP contribution in [0.15, 0.2) is 12.1 Å². The predicted octanol–water partition coefficient (Wildman–Crippen LogP) is 9.64. The van der Waals surface area contributed by atoms with Crippen LogP contribution in [0, 0.1) is 10.8 Å². The van der Waals surface area contributed by atoms with Crippen LogP contribution < -0.4 is 20.7 Å². The molecule has 0 saturated heterocycles. The van der Waals surface area contributed by atoms with Gasteiger partial charge in [0.05, 0.1) is 187 Å². The van der Waals surface area contributed by atoms with Gasteiger partial charge in [0.25, 0.3) is 0 Å². The molecule has 0 aromatic heterocycles. The van der Waals surface area contributed by atoms with Gasteiger partial charge in [-0.3, -0.25) is 0 Å². The van der Waals surface area contributed by atoms with Crippen LogP contribution in [0.1, 0.15) is 25.7 Å². The molecule has 0 aliphatic rings. The van der Waals surface area contributed by atoms with Crippen molar-refractivity contribution >= 4 is 172 Å². The summed E-state index contributed by atoms with van der Waals surface area (Å²) in [7, 11) is -15.3. The molecule has 1 aromatic carbocycles. The fourth-order valence-electron chi connectivity index (χ4n) is 10.9. The van der Waals surface area contributed by atoms with Crippen molar-refractivity contribution in [3.05, 3.63) is 12.1 Å². The summed E-state index contributed by atoms with van der Waals surface area (Å²) in [5.74, 6) is 0. The Labute approximate surface area is 678 Å². The van der Waals surface area contributed by atoms with Crippen molar-refractivity contribution in [2.45, 2.75) is 259 Å². The zero-order valence-corrected chi connectivity index (χ0v) is 94.5. The molecule has 1 aromatic rings. The molecule has 0 unspecified atom stereocenters. The Morgan fingerprint density at radius 1 is 0.219 bits per heavy atom. The van der Waals surface area contributed by atoms with Gasteiger partial charge in [-0.15, -0.1) is 0 Å². The minimum atomic E-state index is -2.80. The van der Waals surface area contributed by atoms with Gasteiger partial charge >= 0.3 is 9.05 Å². The molecule has 1 rings (SSSR count). The highest BCUT2D eigenvalue weighted by molar-refractivity contribution is 6.87. The van der Waals surface area contributed by atoms with Gasteiger partial charge in [-0.1, -0.05) is 214 Å². The first-order chi connectivity index (χ1) is 49.2. The van der Waals surface area contributed by atoms with E-state index in [1.807, 2.05) is 0 Å². The number of benzene rings is 1. The van der Waals surface area contributed by atoms with Gasteiger partial charge in [0.15, 0.2) is 36.2 Å². The van der Waals surface area contributed by atoms with Gasteiger partial charge < -0.3 is 73.3 Å². The van der Waals surface area contributed by atoms with Gasteiger partial charge in [-0.25, -0.2) is 0 Å². The highest BCUT2D eigenvalue weighted by Gasteiger charge is 2.47. The zero-order valence-electron chi connectivity index (χ0n) is 75.1. The third-order valence-electron chi connectivity index (χ3n) is 16.1. The molecule has 0 aliphatic heterocycles. The molecule has 105 heavy (non-hydrogen) atoms. The van der Waals surface area contributed by atoms with E-state index in [4.69, 9.17) is 73.3 Å². The Morgan fingerprint density at radius 3 is 0.543 bits per heavy atom. The maximum Gasteiger partial charge on any atom is 0.636 e. The van der Waals surface area contributed by atoms with Crippen LogP contribution in [0.25, 0.3) is 0 Å². The maximum atomic E-state index is 6.19. The van der Waals surface area contributed by atoms with Gasteiger partial charge in [-0.2, -0.15) is 0 Å². The quantitative estimate of drug-likeness (QED) is 0.0450. The lowest BCUT2D eigenvalue weighted by molar-refractivity contribution is -0.121. The Hall–Kier alpha value is 2.27. The average molecular weight is 1780 g/mol. The molecular weight excluding hydrogens is 1600 g/mol. The van der Waals surface area contributed by atoms with Crippen LogP contribution >= 0.6 is 0 Å². The fraction of sp³-hybridized carbons (Fsp3) is 0.917. The molecule has 0 atom stereocenters. The lowest BCUT2D eigenvalue weighted by atomic mass is 9.92. The van der Waals surface area contributed by atoms with Crippen molar-refractivity contribution in [3.63, 3.8) is 0 Å². The summed E-state index contributed by atoms with van der Waals surface area (Å²) in [5, 5.41) is 7.19. The minimum absolute atomic E-state index is 0.154. The molecule has 0 spiro atoms. The standard InChI is InChI=1S/C33H76O8Si4.C17H44O4Si4.C14H30Si4.C8H28O4Si5/c1-42(2)25-9-13-34-17-21-38-29-33(30-39-22-18-35-14-10-26-43(3)4,31-40-23-19-36-15-11-27-44(5)6)32-41-24-20-37-16-12-28-45(7)8;1-22(2)13-18-9-17(10-19-14-23(3)4,11-20-15-24(5)6)12-21-16-25(7)8;1-15(2)11-9-13(17(5)6)14(18(7)8)10-12(11)16(3)4;1-13(2)9-17(10-14(3)4,11-15(5)6)12-16(7)8/h42-45H,9-32H2,1-8H3;22-25H,9-16H2,1-8H3;9-10,15-18H,1-8H3;13-16H,1-8H3. The van der Waals surface area contributed by atoms with Crippen molar-refractivity contribution in [2.24, 2.45) is 10.8 Å². The number of rotatable bonds is 64. The predicted molar refractivity (Wildman–Crippen MR) is 509 cm³/mol. The maximum absolute atomic E-state index is 6.19. The first-order valence-corrected chi connectivity index (χ1v) is 91.4. The van der Waals surface area contributed by atoms with E-state index in [9.17, 15) is 0 Å². The Kier molecular flexibility index (Phi) is 73.6. The van der Waals surface area contributed by atoms with E-state index in [2.05, 4.69) is 222 Å². The normalized spacial score (nSPS) is 12.7. The topological polar surface area (TPSA) is 148 Å². The average Bonchev–Trinajstić information content (AvgIpc) is 0.798. The smallest absolute Gasteiger partial charge is 0.399 e. The lowest BCUT2D eigenvalue weighted by Crippen LogP contribution is -2.57. The van der Waals surface area contributed by atoms with Gasteiger partial charge in [0.1, 0.15) is 0 Å². The highest BCUT2D eigenvalue weighted by atomic mass is 28.5. The van der Waals surface area contributed by atoms with Crippen LogP contribution in [-0.4, -0.2) is 308 Å². The van der Waals surface area contributed by atoms with Crippen molar-refractivity contribution in [3.8, 4) is 0 Å². The summed E-state index contributed by atoms with van der Waals surface area (Å²) in [6, 6.07) is 10.6. The van der Waals surface area contributed by atoms with Crippen LogP contribution in [-0.2, 0) is 73.3 Å². The van der Waals surface area contributed by atoms with E-state index in [1.54, 1.807) is 20.7 Å². The largest absolute Gasteiger partial charge is 0.636 e. The molecule has 0 heterocycles. The molecular formula is C72H178O16Si17. The summed E-state index contributed by atoms with van der Waals surface area (Å²) in [6.07, 6.45) is 8.25. The summed E-state index contributed by atoms with van der Waals surface area (Å²) >= 11 is 0. The van der Waals surface area contributed by atoms with E-state index in [0.717, 1.165) is 77.0 Å². The number of ether oxygens (including phenoxy) is 12. The van der Waals surface area contributed by atoms with E-state index in [-0.39, 0.29) is 5.41 Å². The van der Waals surface area contributed by atoms with Crippen LogP contribution in [0.5, 0.6) is 0 Å². The van der Waals surface area contributed by atoms with Crippen molar-refractivity contribution < 1.29 is 73.3 Å². The molecule has 0 aliphatic carbocycles. The first kappa shape index (κ1) is 111. The summed E-state index contributed by atoms with van der Waals surface area (Å²) in [6.45, 7) is 87.3. The monoisotopic (exact) mass is 1770 g/mol. The first-order valence-electron chi connectivity index (χ1n) is 42.1. The van der Waals surface area contributed by atoms with E-state index in [1.165, 1.54) is 24.2 Å². The van der Waals surface area contributed by atoms with Crippen LogP contribution in [0.4, 0.5) is 0 Å². The molecule has 0 amide bonds. The molecule has 0 N–H and O–H groups in total. The molecule has 0 bridgehead atoms. The molecule has 33 heteroatoms. The number of hydrogen-bond donors (Lipinski definition) is 0. The summed E-state index contributed by atoms with van der Waals surface area (Å²) in [5.41, 5.74) is -0.585. The van der Waals surface area contributed by atoms with E-state index < -0.39 is 156 Å². The van der Waals surface area contributed by atoms with Crippen LogP contribution in [0.3, 0.4) is 0 Å². The molecule has 0 fully saturated rings. The summed E-state index contributed by atoms with van der Waals surface area (Å²) < 4.78 is 96.8. The summed E-state index contributed by atoms with van der Waals surface area (Å²) in [4.78, 5) is 0. The highest BCUT2D eigenvalue weighted by Crippen LogP contribution is 2.24. The zero-order chi connectivity index (χ0) is 80.4. The van der Waals surface area contributed by atoms with Gasteiger partial charge in [0, 0.05) is 86.5 Å². The van der Waals surface area contributed by atoms with Crippen molar-refractivity contribution in [1.29, 1.82) is 0 Å². The minimum Gasteiger partial charge on any atom is -0.399 e. The third kappa shape index (κ3) is 68.1. The SMILES string of the molecule is C[SiH](C)CCCOCCOCC(COCCOCCC[SiH](C)C)(COCCOCCC[SiH](C)C)COCCOCCC[SiH](C)C.C[SiH](C)COCC(COC[SiH](C)C)(COC[SiH](C)C)COC[SiH](C)C.C[SiH](C)O[Si](O[SiH](C)C)(O[SiH](C)C)O[SiH](C)C.C[SiH](C)c1cc([SiH](C)C)c([SiH](C)C)cc1[SiH](C)C. The Balaban J connectivity index is -0.00000145. The number of hydrogen-bond acceptors (Lipinski definition) is 16. The Bertz CT molecular complexity index is 1810. The third-order valence-corrected chi connectivity index (χ3v) is 45.8. The molecule has 0 saturated carbocycles. The second kappa shape index (κ2) is 69.4. The van der Waals surface area contributed by atoms with E-state index in [0.29, 0.717) is 106 Å². The van der Waals surface area contributed by atoms with Gasteiger partial charge in [0.2, 0.25) is 0 Å². The molecule has 16 nitrogen and oxygen atoms in total. The van der Waals surface area contributed by atoms with E-state index >= 15 is 0 Å². The van der Waals surface area contributed by atoms with Gasteiger partial charge in [-0.05, 0) is 78.1 Å². The second-order valence-electron chi connectivity index (χ2n) is 35.3.